The molecule has 0 aliphatic carbocycles. The van der Waals surface area contributed by atoms with E-state index >= 15 is 0 Å². The molecule has 0 fully saturated rings. The molecule has 0 heterocycles. The Bertz CT molecular complexity index is 114. The summed E-state index contributed by atoms with van der Waals surface area (Å²) in [6, 6.07) is 0. The van der Waals surface area contributed by atoms with Crippen LogP contribution in [-0.4, -0.2) is 10.7 Å². The molecule has 0 saturated carbocycles. The highest BCUT2D eigenvalue weighted by Crippen LogP contribution is 2.28. The highest BCUT2D eigenvalue weighted by atomic mass is 31.1. The molecule has 62 valence electrons. The molecule has 2 atom stereocenters. The molecular weight excluding hydrogens is 149 g/mol. The predicted molar refractivity (Wildman–Crippen MR) is 43.3 cm³/mol. The Morgan fingerprint density at radius 2 is 1.90 bits per heavy atom. The minimum absolute atomic E-state index is 0.205. The summed E-state index contributed by atoms with van der Waals surface area (Å²) in [5.41, 5.74) is 5.46. The number of nitrogens with two attached hydrogens (primary N) is 1. The summed E-state index contributed by atoms with van der Waals surface area (Å²) >= 11 is 0. The first kappa shape index (κ1) is 10.2. The summed E-state index contributed by atoms with van der Waals surface area (Å²) in [6.45, 7) is 3.97. The molecule has 0 aliphatic heterocycles. The monoisotopic (exact) mass is 165 g/mol. The summed E-state index contributed by atoms with van der Waals surface area (Å²) in [5, 5.41) is 0. The van der Waals surface area contributed by atoms with Gasteiger partial charge < -0.3 is 10.6 Å². The highest BCUT2D eigenvalue weighted by Gasteiger charge is 2.17. The molecule has 0 aliphatic rings. The van der Waals surface area contributed by atoms with E-state index in [4.69, 9.17) is 10.6 Å². The van der Waals surface area contributed by atoms with Gasteiger partial charge in [-0.25, -0.2) is 0 Å². The molecule has 0 spiro atoms. The lowest BCUT2D eigenvalue weighted by Crippen LogP contribution is -2.25. The Balaban J connectivity index is 3.88. The molecule has 0 amide bonds. The Morgan fingerprint density at radius 1 is 1.50 bits per heavy atom. The number of hydrogen-bond acceptors (Lipinski definition) is 2. The van der Waals surface area contributed by atoms with Crippen LogP contribution in [0.2, 0.25) is 0 Å². The third kappa shape index (κ3) is 2.82. The van der Waals surface area contributed by atoms with Gasteiger partial charge in [0, 0.05) is 0 Å². The summed E-state index contributed by atoms with van der Waals surface area (Å²) in [4.78, 5) is 8.67. The van der Waals surface area contributed by atoms with Crippen molar-refractivity contribution in [3.05, 3.63) is 0 Å². The van der Waals surface area contributed by atoms with Gasteiger partial charge in [-0.3, -0.25) is 4.57 Å². The molecule has 2 unspecified atom stereocenters. The van der Waals surface area contributed by atoms with E-state index in [9.17, 15) is 4.57 Å². The van der Waals surface area contributed by atoms with Crippen molar-refractivity contribution in [1.29, 1.82) is 0 Å². The third-order valence-electron chi connectivity index (χ3n) is 1.84. The molecule has 10 heavy (non-hydrogen) atoms. The van der Waals surface area contributed by atoms with Crippen LogP contribution in [0.3, 0.4) is 0 Å². The smallest absolute Gasteiger partial charge is 0.205 e. The van der Waals surface area contributed by atoms with Crippen LogP contribution in [0, 0.1) is 5.92 Å². The summed E-state index contributed by atoms with van der Waals surface area (Å²) in [5.74, 6) is -0.295. The summed E-state index contributed by atoms with van der Waals surface area (Å²) < 4.78 is 10.5. The van der Waals surface area contributed by atoms with Crippen molar-refractivity contribution < 1.29 is 9.46 Å². The van der Waals surface area contributed by atoms with Gasteiger partial charge in [0.2, 0.25) is 8.03 Å². The molecule has 0 aromatic carbocycles. The molecular formula is C6H16NO2P. The maximum absolute atomic E-state index is 10.5. The molecule has 3 N–H and O–H groups in total. The van der Waals surface area contributed by atoms with Crippen LogP contribution >= 0.6 is 8.03 Å². The first-order valence-electron chi connectivity index (χ1n) is 3.61. The van der Waals surface area contributed by atoms with E-state index in [0.717, 1.165) is 12.8 Å². The lowest BCUT2D eigenvalue weighted by atomic mass is 10.0. The molecule has 0 bridgehead atoms. The van der Waals surface area contributed by atoms with Crippen molar-refractivity contribution >= 4 is 8.03 Å². The van der Waals surface area contributed by atoms with Crippen LogP contribution in [-0.2, 0) is 4.57 Å². The summed E-state index contributed by atoms with van der Waals surface area (Å²) in [7, 11) is -2.51. The van der Waals surface area contributed by atoms with Crippen molar-refractivity contribution in [3.63, 3.8) is 0 Å². The lowest BCUT2D eigenvalue weighted by Gasteiger charge is -2.17. The van der Waals surface area contributed by atoms with Crippen molar-refractivity contribution in [3.8, 4) is 0 Å². The van der Waals surface area contributed by atoms with Gasteiger partial charge in [-0.2, -0.15) is 0 Å². The second-order valence-corrected chi connectivity index (χ2v) is 3.78. The van der Waals surface area contributed by atoms with Crippen molar-refractivity contribution in [1.82, 2.24) is 0 Å². The van der Waals surface area contributed by atoms with Gasteiger partial charge >= 0.3 is 0 Å². The quantitative estimate of drug-likeness (QED) is 0.614. The maximum atomic E-state index is 10.5. The Morgan fingerprint density at radius 3 is 2.00 bits per heavy atom. The molecule has 4 heteroatoms. The van der Waals surface area contributed by atoms with Crippen LogP contribution in [0.5, 0.6) is 0 Å². The van der Waals surface area contributed by atoms with Crippen LogP contribution in [0.25, 0.3) is 0 Å². The maximum Gasteiger partial charge on any atom is 0.205 e. The minimum atomic E-state index is -2.51. The van der Waals surface area contributed by atoms with Crippen LogP contribution in [0.15, 0.2) is 0 Å². The average Bonchev–Trinajstić information content (AvgIpc) is 1.90. The molecule has 0 aromatic rings. The van der Waals surface area contributed by atoms with E-state index in [0.29, 0.717) is 0 Å². The minimum Gasteiger partial charge on any atom is -0.345 e. The topological polar surface area (TPSA) is 63.3 Å². The predicted octanol–water partition coefficient (Wildman–Crippen LogP) is 1.17. The Hall–Kier alpha value is 0.150. The zero-order valence-corrected chi connectivity index (χ0v) is 7.50. The van der Waals surface area contributed by atoms with Gasteiger partial charge in [0.25, 0.3) is 0 Å². The van der Waals surface area contributed by atoms with E-state index in [1.165, 1.54) is 0 Å². The standard InChI is InChI=1S/C6H16NO2P/c1-3-5(4-2)6(7)10(8)9/h5-6,10H,3-4,7H2,1-2H3,(H,8,9). The molecule has 0 rings (SSSR count). The van der Waals surface area contributed by atoms with Gasteiger partial charge in [-0.15, -0.1) is 0 Å². The molecule has 0 aromatic heterocycles. The Kier molecular flexibility index (Phi) is 4.96. The number of hydrogen-bond donors (Lipinski definition) is 2. The van der Waals surface area contributed by atoms with E-state index in [1.54, 1.807) is 0 Å². The van der Waals surface area contributed by atoms with Crippen molar-refractivity contribution in [2.45, 2.75) is 32.5 Å². The second-order valence-electron chi connectivity index (χ2n) is 2.44. The fraction of sp³-hybridized carbons (Fsp3) is 1.00. The first-order chi connectivity index (χ1) is 4.63. The zero-order chi connectivity index (χ0) is 8.15. The fourth-order valence-corrected chi connectivity index (χ4v) is 1.87. The number of rotatable bonds is 4. The van der Waals surface area contributed by atoms with Gasteiger partial charge in [-0.05, 0) is 5.92 Å². The van der Waals surface area contributed by atoms with E-state index in [-0.39, 0.29) is 5.92 Å². The summed E-state index contributed by atoms with van der Waals surface area (Å²) in [6.07, 6.45) is 1.77. The second kappa shape index (κ2) is 4.89. The van der Waals surface area contributed by atoms with Gasteiger partial charge in [0.05, 0.1) is 5.78 Å². The van der Waals surface area contributed by atoms with Gasteiger partial charge in [0.15, 0.2) is 0 Å². The first-order valence-corrected chi connectivity index (χ1v) is 5.05. The molecule has 3 nitrogen and oxygen atoms in total. The highest BCUT2D eigenvalue weighted by molar-refractivity contribution is 7.38. The van der Waals surface area contributed by atoms with Crippen molar-refractivity contribution in [2.24, 2.45) is 11.7 Å². The Labute approximate surface area is 62.5 Å². The van der Waals surface area contributed by atoms with Crippen LogP contribution in [0.1, 0.15) is 26.7 Å². The van der Waals surface area contributed by atoms with Gasteiger partial charge in [0.1, 0.15) is 0 Å². The third-order valence-corrected chi connectivity index (χ3v) is 2.88. The average molecular weight is 165 g/mol. The lowest BCUT2D eigenvalue weighted by molar-refractivity contribution is 0.421. The van der Waals surface area contributed by atoms with E-state index in [1.807, 2.05) is 13.8 Å². The largest absolute Gasteiger partial charge is 0.345 e. The SMILES string of the molecule is CCC(CC)C(N)[PH](=O)O. The van der Waals surface area contributed by atoms with Crippen molar-refractivity contribution in [2.75, 3.05) is 0 Å². The van der Waals surface area contributed by atoms with Crippen LogP contribution in [0.4, 0.5) is 0 Å². The zero-order valence-electron chi connectivity index (χ0n) is 6.50. The van der Waals surface area contributed by atoms with E-state index in [2.05, 4.69) is 0 Å². The molecule has 0 radical (unpaired) electrons. The molecule has 0 saturated heterocycles. The fourth-order valence-electron chi connectivity index (χ4n) is 0.998. The van der Waals surface area contributed by atoms with E-state index < -0.39 is 13.8 Å². The van der Waals surface area contributed by atoms with Gasteiger partial charge in [-0.1, -0.05) is 26.7 Å². The normalized spacial score (nSPS) is 17.3. The van der Waals surface area contributed by atoms with Crippen LogP contribution < -0.4 is 5.73 Å².